The molecule has 19 heavy (non-hydrogen) atoms. The predicted octanol–water partition coefficient (Wildman–Crippen LogP) is 3.54. The predicted molar refractivity (Wildman–Crippen MR) is 86.5 cm³/mol. The first kappa shape index (κ1) is 14.5. The number of nitrogens with one attached hydrogen (secondary N) is 1. The lowest BCUT2D eigenvalue weighted by Gasteiger charge is -2.19. The van der Waals surface area contributed by atoms with E-state index in [1.807, 2.05) is 36.4 Å². The Morgan fingerprint density at radius 3 is 2.53 bits per heavy atom. The summed E-state index contributed by atoms with van der Waals surface area (Å²) in [4.78, 5) is 0. The Hall–Kier alpha value is -0.880. The molecule has 0 aliphatic rings. The normalized spacial score (nSPS) is 12.4. The second-order valence-corrected chi connectivity index (χ2v) is 6.06. The van der Waals surface area contributed by atoms with E-state index in [0.717, 1.165) is 26.6 Å². The lowest BCUT2D eigenvalue weighted by atomic mass is 9.98. The third-order valence-electron chi connectivity index (χ3n) is 3.01. The van der Waals surface area contributed by atoms with Crippen LogP contribution in [0.1, 0.15) is 17.2 Å². The Bertz CT molecular complexity index is 572. The molecule has 3 nitrogen and oxygen atoms in total. The molecule has 0 bridgehead atoms. The van der Waals surface area contributed by atoms with Crippen LogP contribution in [0.15, 0.2) is 51.4 Å². The fourth-order valence-electron chi connectivity index (χ4n) is 1.99. The highest BCUT2D eigenvalue weighted by atomic mass is 79.9. The Kier molecular flexibility index (Phi) is 4.99. The van der Waals surface area contributed by atoms with Gasteiger partial charge in [0, 0.05) is 14.6 Å². The number of anilines is 1. The molecule has 0 amide bonds. The summed E-state index contributed by atoms with van der Waals surface area (Å²) in [6, 6.07) is 13.9. The van der Waals surface area contributed by atoms with Crippen LogP contribution in [0.25, 0.3) is 0 Å². The number of rotatable bonds is 4. The number of benzene rings is 2. The second kappa shape index (κ2) is 6.52. The van der Waals surface area contributed by atoms with Gasteiger partial charge in [-0.2, -0.15) is 0 Å². The third-order valence-corrected chi connectivity index (χ3v) is 4.27. The molecule has 0 aliphatic carbocycles. The summed E-state index contributed by atoms with van der Waals surface area (Å²) in [5.74, 6) is 5.69. The van der Waals surface area contributed by atoms with Crippen molar-refractivity contribution in [1.29, 1.82) is 0 Å². The highest BCUT2D eigenvalue weighted by molar-refractivity contribution is 9.10. The number of hydrogen-bond donors (Lipinski definition) is 3. The van der Waals surface area contributed by atoms with Gasteiger partial charge in [0.25, 0.3) is 0 Å². The van der Waals surface area contributed by atoms with E-state index >= 15 is 0 Å². The molecule has 0 saturated heterocycles. The molecule has 0 aliphatic heterocycles. The van der Waals surface area contributed by atoms with Crippen molar-refractivity contribution in [3.8, 4) is 0 Å². The van der Waals surface area contributed by atoms with Gasteiger partial charge >= 0.3 is 0 Å². The van der Waals surface area contributed by atoms with Crippen LogP contribution >= 0.6 is 31.9 Å². The van der Waals surface area contributed by atoms with Gasteiger partial charge in [-0.1, -0.05) is 50.1 Å². The smallest absolute Gasteiger partial charge is 0.0521 e. The molecule has 2 rings (SSSR count). The summed E-state index contributed by atoms with van der Waals surface area (Å²) in [7, 11) is 0. The van der Waals surface area contributed by atoms with E-state index in [4.69, 9.17) is 11.6 Å². The summed E-state index contributed by atoms with van der Waals surface area (Å²) in [6.07, 6.45) is 0.762. The van der Waals surface area contributed by atoms with E-state index in [9.17, 15) is 0 Å². The molecule has 5 heteroatoms. The summed E-state index contributed by atoms with van der Waals surface area (Å²) in [6.45, 7) is 0. The van der Waals surface area contributed by atoms with Crippen molar-refractivity contribution in [3.63, 3.8) is 0 Å². The maximum Gasteiger partial charge on any atom is 0.0521 e. The highest BCUT2D eigenvalue weighted by Crippen LogP contribution is 2.28. The summed E-state index contributed by atoms with van der Waals surface area (Å²) in [5.41, 5.74) is 11.8. The van der Waals surface area contributed by atoms with Gasteiger partial charge < -0.3 is 5.73 Å². The molecule has 0 aromatic heterocycles. The SMILES string of the molecule is NNC(Cc1ccccc1Br)c1cc(Br)ccc1N. The zero-order valence-corrected chi connectivity index (χ0v) is 13.4. The molecular weight excluding hydrogens is 370 g/mol. The Morgan fingerprint density at radius 2 is 1.84 bits per heavy atom. The number of nitrogen functional groups attached to an aromatic ring is 1. The van der Waals surface area contributed by atoms with E-state index in [0.29, 0.717) is 0 Å². The van der Waals surface area contributed by atoms with Gasteiger partial charge in [0.05, 0.1) is 6.04 Å². The van der Waals surface area contributed by atoms with Crippen LogP contribution in [-0.4, -0.2) is 0 Å². The summed E-state index contributed by atoms with van der Waals surface area (Å²) < 4.78 is 2.06. The Morgan fingerprint density at radius 1 is 1.11 bits per heavy atom. The Labute approximate surface area is 129 Å². The molecule has 0 heterocycles. The summed E-state index contributed by atoms with van der Waals surface area (Å²) in [5, 5.41) is 0. The topological polar surface area (TPSA) is 64.1 Å². The molecule has 1 unspecified atom stereocenters. The molecule has 0 fully saturated rings. The van der Waals surface area contributed by atoms with Gasteiger partial charge in [-0.3, -0.25) is 11.3 Å². The maximum atomic E-state index is 6.03. The minimum absolute atomic E-state index is 0.0313. The number of nitrogens with two attached hydrogens (primary N) is 2. The number of hydrazine groups is 1. The van der Waals surface area contributed by atoms with E-state index in [1.54, 1.807) is 0 Å². The van der Waals surface area contributed by atoms with Crippen LogP contribution in [-0.2, 0) is 6.42 Å². The first-order valence-electron chi connectivity index (χ1n) is 5.86. The van der Waals surface area contributed by atoms with Crippen LogP contribution in [0.5, 0.6) is 0 Å². The van der Waals surface area contributed by atoms with Crippen LogP contribution in [0.4, 0.5) is 5.69 Å². The maximum absolute atomic E-state index is 6.03. The van der Waals surface area contributed by atoms with Crippen molar-refractivity contribution in [2.45, 2.75) is 12.5 Å². The minimum Gasteiger partial charge on any atom is -0.398 e. The molecule has 0 radical (unpaired) electrons. The van der Waals surface area contributed by atoms with Crippen LogP contribution < -0.4 is 17.0 Å². The zero-order valence-electron chi connectivity index (χ0n) is 10.2. The fourth-order valence-corrected chi connectivity index (χ4v) is 2.82. The van der Waals surface area contributed by atoms with E-state index in [2.05, 4.69) is 43.4 Å². The highest BCUT2D eigenvalue weighted by Gasteiger charge is 2.15. The lowest BCUT2D eigenvalue weighted by molar-refractivity contribution is 0.552. The van der Waals surface area contributed by atoms with Gasteiger partial charge in [0.2, 0.25) is 0 Å². The van der Waals surface area contributed by atoms with Gasteiger partial charge in [-0.15, -0.1) is 0 Å². The van der Waals surface area contributed by atoms with Gasteiger partial charge in [-0.05, 0) is 41.8 Å². The molecule has 5 N–H and O–H groups in total. The van der Waals surface area contributed by atoms with Crippen molar-refractivity contribution >= 4 is 37.5 Å². The molecule has 0 spiro atoms. The van der Waals surface area contributed by atoms with Gasteiger partial charge in [0.1, 0.15) is 0 Å². The van der Waals surface area contributed by atoms with Crippen LogP contribution in [0, 0.1) is 0 Å². The quantitative estimate of drug-likeness (QED) is 0.429. The summed E-state index contributed by atoms with van der Waals surface area (Å²) >= 11 is 7.01. The van der Waals surface area contributed by atoms with Gasteiger partial charge in [0.15, 0.2) is 0 Å². The minimum atomic E-state index is -0.0313. The van der Waals surface area contributed by atoms with Gasteiger partial charge in [-0.25, -0.2) is 0 Å². The van der Waals surface area contributed by atoms with E-state index in [1.165, 1.54) is 5.56 Å². The monoisotopic (exact) mass is 383 g/mol. The largest absolute Gasteiger partial charge is 0.398 e. The standard InChI is InChI=1S/C14H15Br2N3/c15-10-5-6-13(17)11(8-10)14(19-18)7-9-3-1-2-4-12(9)16/h1-6,8,14,19H,7,17-18H2. The van der Waals surface area contributed by atoms with Crippen molar-refractivity contribution in [3.05, 3.63) is 62.5 Å². The number of hydrogen-bond acceptors (Lipinski definition) is 3. The molecule has 0 saturated carbocycles. The van der Waals surface area contributed by atoms with Crippen molar-refractivity contribution in [2.24, 2.45) is 5.84 Å². The van der Waals surface area contributed by atoms with Crippen molar-refractivity contribution in [2.75, 3.05) is 5.73 Å². The number of halogens is 2. The Balaban J connectivity index is 2.30. The second-order valence-electron chi connectivity index (χ2n) is 4.29. The lowest BCUT2D eigenvalue weighted by Crippen LogP contribution is -2.30. The fraction of sp³-hybridized carbons (Fsp3) is 0.143. The zero-order chi connectivity index (χ0) is 13.8. The molecule has 2 aromatic carbocycles. The molecule has 1 atom stereocenters. The first-order valence-corrected chi connectivity index (χ1v) is 7.45. The molecule has 2 aromatic rings. The van der Waals surface area contributed by atoms with Crippen LogP contribution in [0.3, 0.4) is 0 Å². The average Bonchev–Trinajstić information content (AvgIpc) is 2.41. The van der Waals surface area contributed by atoms with Crippen LogP contribution in [0.2, 0.25) is 0 Å². The third kappa shape index (κ3) is 3.57. The average molecular weight is 385 g/mol. The van der Waals surface area contributed by atoms with E-state index in [-0.39, 0.29) is 6.04 Å². The first-order chi connectivity index (χ1) is 9.11. The van der Waals surface area contributed by atoms with Crippen molar-refractivity contribution < 1.29 is 0 Å². The van der Waals surface area contributed by atoms with E-state index < -0.39 is 0 Å². The van der Waals surface area contributed by atoms with Crippen molar-refractivity contribution in [1.82, 2.24) is 5.43 Å². The molecular formula is C14H15Br2N3. The molecule has 100 valence electrons.